The summed E-state index contributed by atoms with van der Waals surface area (Å²) in [6.45, 7) is 1.28. The third-order valence-corrected chi connectivity index (χ3v) is 4.88. The summed E-state index contributed by atoms with van der Waals surface area (Å²) >= 11 is 1.52. The van der Waals surface area contributed by atoms with E-state index in [9.17, 15) is 9.59 Å². The second-order valence-electron chi connectivity index (χ2n) is 6.34. The topological polar surface area (TPSA) is 99.0 Å². The van der Waals surface area contributed by atoms with E-state index in [1.54, 1.807) is 6.07 Å². The van der Waals surface area contributed by atoms with Gasteiger partial charge >= 0.3 is 5.97 Å². The molecule has 0 spiro atoms. The molecule has 4 rings (SSSR count). The number of tetrazole rings is 1. The van der Waals surface area contributed by atoms with E-state index in [2.05, 4.69) is 20.7 Å². The van der Waals surface area contributed by atoms with Crippen LogP contribution in [0.3, 0.4) is 0 Å². The number of anilines is 1. The maximum Gasteiger partial charge on any atom is 0.330 e. The Kier molecular flexibility index (Phi) is 5.30. The van der Waals surface area contributed by atoms with E-state index in [-0.39, 0.29) is 6.54 Å². The van der Waals surface area contributed by atoms with Gasteiger partial charge in [-0.2, -0.15) is 16.1 Å². The molecule has 2 heterocycles. The van der Waals surface area contributed by atoms with Crippen molar-refractivity contribution in [1.82, 2.24) is 20.2 Å². The standard InChI is InChI=1S/C20H17N5O3S/c1-13(20(27)21-17-7-6-14-4-2-3-5-15(14)10-17)28-18(26)11-25-23-19(22-24-25)16-8-9-29-12-16/h2-10,12-13H,11H2,1H3,(H,21,27)/t13-/m0/s1. The molecule has 0 saturated heterocycles. The Morgan fingerprint density at radius 1 is 1.17 bits per heavy atom. The molecule has 8 nitrogen and oxygen atoms in total. The molecule has 0 aliphatic heterocycles. The average molecular weight is 407 g/mol. The molecule has 0 bridgehead atoms. The van der Waals surface area contributed by atoms with E-state index in [4.69, 9.17) is 4.74 Å². The Bertz CT molecular complexity index is 1160. The van der Waals surface area contributed by atoms with Gasteiger partial charge in [0.1, 0.15) is 0 Å². The molecule has 0 radical (unpaired) electrons. The van der Waals surface area contributed by atoms with Gasteiger partial charge in [0.05, 0.1) is 0 Å². The van der Waals surface area contributed by atoms with Crippen molar-refractivity contribution in [2.45, 2.75) is 19.6 Å². The molecule has 0 fully saturated rings. The van der Waals surface area contributed by atoms with Gasteiger partial charge in [0, 0.05) is 16.6 Å². The zero-order valence-electron chi connectivity index (χ0n) is 15.5. The van der Waals surface area contributed by atoms with Crippen molar-refractivity contribution in [3.63, 3.8) is 0 Å². The number of ether oxygens (including phenoxy) is 1. The molecular formula is C20H17N5O3S. The number of esters is 1. The lowest BCUT2D eigenvalue weighted by Crippen LogP contribution is -2.31. The van der Waals surface area contributed by atoms with Crippen LogP contribution < -0.4 is 5.32 Å². The van der Waals surface area contributed by atoms with Crippen LogP contribution in [0.4, 0.5) is 5.69 Å². The highest BCUT2D eigenvalue weighted by atomic mass is 32.1. The number of nitrogens with one attached hydrogen (secondary N) is 1. The van der Waals surface area contributed by atoms with E-state index in [1.165, 1.54) is 18.3 Å². The predicted molar refractivity (Wildman–Crippen MR) is 109 cm³/mol. The minimum atomic E-state index is -0.964. The first-order valence-corrected chi connectivity index (χ1v) is 9.82. The van der Waals surface area contributed by atoms with E-state index in [0.29, 0.717) is 11.5 Å². The van der Waals surface area contributed by atoms with Gasteiger partial charge in [0.15, 0.2) is 12.6 Å². The summed E-state index contributed by atoms with van der Waals surface area (Å²) in [4.78, 5) is 25.6. The number of carbonyl (C=O) groups excluding carboxylic acids is 2. The molecule has 0 unspecified atom stereocenters. The number of hydrogen-bond acceptors (Lipinski definition) is 7. The number of rotatable bonds is 6. The SMILES string of the molecule is C[C@H](OC(=O)Cn1nnc(-c2ccsc2)n1)C(=O)Nc1ccc2ccccc2c1. The molecule has 146 valence electrons. The Balaban J connectivity index is 1.33. The van der Waals surface area contributed by atoms with Crippen molar-refractivity contribution in [2.24, 2.45) is 0 Å². The molecule has 9 heteroatoms. The molecule has 1 atom stereocenters. The van der Waals surface area contributed by atoms with Gasteiger partial charge in [0.25, 0.3) is 5.91 Å². The summed E-state index contributed by atoms with van der Waals surface area (Å²) in [6.07, 6.45) is -0.964. The van der Waals surface area contributed by atoms with Crippen LogP contribution in [-0.4, -0.2) is 38.2 Å². The largest absolute Gasteiger partial charge is 0.451 e. The van der Waals surface area contributed by atoms with Crippen molar-refractivity contribution >= 4 is 39.7 Å². The van der Waals surface area contributed by atoms with Crippen molar-refractivity contribution < 1.29 is 14.3 Å². The summed E-state index contributed by atoms with van der Waals surface area (Å²) in [6, 6.07) is 15.3. The van der Waals surface area contributed by atoms with Crippen molar-refractivity contribution in [2.75, 3.05) is 5.32 Å². The van der Waals surface area contributed by atoms with Gasteiger partial charge in [-0.25, -0.2) is 4.79 Å². The van der Waals surface area contributed by atoms with Crippen molar-refractivity contribution in [3.05, 3.63) is 59.3 Å². The van der Waals surface area contributed by atoms with E-state index in [1.807, 2.05) is 53.2 Å². The van der Waals surface area contributed by atoms with Gasteiger partial charge in [-0.1, -0.05) is 30.3 Å². The highest BCUT2D eigenvalue weighted by molar-refractivity contribution is 7.08. The van der Waals surface area contributed by atoms with Crippen LogP contribution in [0.15, 0.2) is 59.3 Å². The van der Waals surface area contributed by atoms with Crippen LogP contribution in [-0.2, 0) is 20.9 Å². The average Bonchev–Trinajstić information content (AvgIpc) is 3.39. The summed E-state index contributed by atoms with van der Waals surface area (Å²) in [7, 11) is 0. The van der Waals surface area contributed by atoms with E-state index >= 15 is 0 Å². The second kappa shape index (κ2) is 8.19. The van der Waals surface area contributed by atoms with E-state index in [0.717, 1.165) is 21.1 Å². The van der Waals surface area contributed by atoms with Gasteiger partial charge < -0.3 is 10.1 Å². The van der Waals surface area contributed by atoms with Crippen LogP contribution in [0.25, 0.3) is 22.2 Å². The third-order valence-electron chi connectivity index (χ3n) is 4.20. The monoisotopic (exact) mass is 407 g/mol. The quantitative estimate of drug-likeness (QED) is 0.493. The minimum Gasteiger partial charge on any atom is -0.451 e. The zero-order chi connectivity index (χ0) is 20.2. The Morgan fingerprint density at radius 3 is 2.79 bits per heavy atom. The van der Waals surface area contributed by atoms with Crippen LogP contribution in [0.5, 0.6) is 0 Å². The summed E-state index contributed by atoms with van der Waals surface area (Å²) in [5.74, 6) is -0.610. The molecule has 29 heavy (non-hydrogen) atoms. The number of carbonyl (C=O) groups is 2. The Labute approximate surface area is 170 Å². The Hall–Kier alpha value is -3.59. The summed E-state index contributed by atoms with van der Waals surface area (Å²) in [5.41, 5.74) is 1.47. The van der Waals surface area contributed by atoms with Crippen molar-refractivity contribution in [3.8, 4) is 11.4 Å². The molecule has 0 saturated carbocycles. The first-order chi connectivity index (χ1) is 14.1. The number of nitrogens with zero attached hydrogens (tertiary/aromatic N) is 4. The van der Waals surface area contributed by atoms with Crippen LogP contribution >= 0.6 is 11.3 Å². The number of thiophene rings is 1. The fourth-order valence-corrected chi connectivity index (χ4v) is 3.37. The number of benzene rings is 2. The number of fused-ring (bicyclic) bond motifs is 1. The van der Waals surface area contributed by atoms with Gasteiger partial charge in [-0.15, -0.1) is 10.2 Å². The summed E-state index contributed by atoms with van der Waals surface area (Å²) in [5, 5.41) is 20.5. The van der Waals surface area contributed by atoms with Crippen LogP contribution in [0.1, 0.15) is 6.92 Å². The van der Waals surface area contributed by atoms with Gasteiger partial charge in [0.2, 0.25) is 5.82 Å². The molecular weight excluding hydrogens is 390 g/mol. The fourth-order valence-electron chi connectivity index (χ4n) is 2.73. The third kappa shape index (κ3) is 4.46. The van der Waals surface area contributed by atoms with E-state index < -0.39 is 18.0 Å². The smallest absolute Gasteiger partial charge is 0.330 e. The van der Waals surface area contributed by atoms with Crippen LogP contribution in [0, 0.1) is 0 Å². The lowest BCUT2D eigenvalue weighted by Gasteiger charge is -2.13. The lowest BCUT2D eigenvalue weighted by molar-refractivity contribution is -0.154. The fraction of sp³-hybridized carbons (Fsp3) is 0.150. The highest BCUT2D eigenvalue weighted by Crippen LogP contribution is 2.19. The molecule has 1 N–H and O–H groups in total. The maximum absolute atomic E-state index is 12.4. The molecule has 0 aliphatic rings. The number of aromatic nitrogens is 4. The predicted octanol–water partition coefficient (Wildman–Crippen LogP) is 3.13. The zero-order valence-corrected chi connectivity index (χ0v) is 16.3. The minimum absolute atomic E-state index is 0.231. The van der Waals surface area contributed by atoms with Gasteiger partial charge in [-0.05, 0) is 46.5 Å². The van der Waals surface area contributed by atoms with Crippen molar-refractivity contribution in [1.29, 1.82) is 0 Å². The normalized spacial score (nSPS) is 11.9. The maximum atomic E-state index is 12.4. The first kappa shape index (κ1) is 18.8. The molecule has 2 aromatic carbocycles. The summed E-state index contributed by atoms with van der Waals surface area (Å²) < 4.78 is 5.20. The van der Waals surface area contributed by atoms with Crippen LogP contribution in [0.2, 0.25) is 0 Å². The first-order valence-electron chi connectivity index (χ1n) is 8.88. The second-order valence-corrected chi connectivity index (χ2v) is 7.12. The Morgan fingerprint density at radius 2 is 2.00 bits per heavy atom. The molecule has 2 aromatic heterocycles. The molecule has 1 amide bonds. The number of amides is 1. The lowest BCUT2D eigenvalue weighted by atomic mass is 10.1. The number of hydrogen-bond donors (Lipinski definition) is 1. The van der Waals surface area contributed by atoms with Gasteiger partial charge in [-0.3, -0.25) is 4.79 Å². The molecule has 4 aromatic rings. The highest BCUT2D eigenvalue weighted by Gasteiger charge is 2.19. The molecule has 0 aliphatic carbocycles.